The van der Waals surface area contributed by atoms with Gasteiger partial charge in [-0.2, -0.15) is 0 Å². The molecule has 2 aromatic rings. The Hall–Kier alpha value is -3.75. The van der Waals surface area contributed by atoms with Gasteiger partial charge in [0.1, 0.15) is 11.4 Å². The Morgan fingerprint density at radius 1 is 1.00 bits per heavy atom. The first kappa shape index (κ1) is 25.9. The van der Waals surface area contributed by atoms with Crippen LogP contribution in [0.4, 0.5) is 15.3 Å². The fraction of sp³-hybridized carbons (Fsp3) is 0.423. The normalized spacial score (nSPS) is 15.3. The van der Waals surface area contributed by atoms with E-state index in [0.29, 0.717) is 31.7 Å². The van der Waals surface area contributed by atoms with Crippen molar-refractivity contribution in [2.75, 3.05) is 25.5 Å². The fourth-order valence-electron chi connectivity index (χ4n) is 3.67. The number of anilines is 1. The van der Waals surface area contributed by atoms with Gasteiger partial charge < -0.3 is 30.3 Å². The van der Waals surface area contributed by atoms with Gasteiger partial charge in [0.2, 0.25) is 5.91 Å². The quantitative estimate of drug-likeness (QED) is 0.558. The average molecular weight is 483 g/mol. The van der Waals surface area contributed by atoms with E-state index < -0.39 is 11.7 Å². The number of rotatable bonds is 7. The van der Waals surface area contributed by atoms with Gasteiger partial charge in [0.25, 0.3) is 0 Å². The summed E-state index contributed by atoms with van der Waals surface area (Å²) in [5.41, 5.74) is 1.88. The molecule has 1 heterocycles. The minimum atomic E-state index is -0.559. The molecule has 9 heteroatoms. The third-order valence-electron chi connectivity index (χ3n) is 5.44. The van der Waals surface area contributed by atoms with E-state index in [0.717, 1.165) is 16.9 Å². The smallest absolute Gasteiger partial charge is 0.407 e. The topological polar surface area (TPSA) is 109 Å². The molecule has 35 heavy (non-hydrogen) atoms. The van der Waals surface area contributed by atoms with E-state index in [9.17, 15) is 14.4 Å². The van der Waals surface area contributed by atoms with Crippen molar-refractivity contribution in [3.63, 3.8) is 0 Å². The minimum absolute atomic E-state index is 0.00330. The molecule has 1 fully saturated rings. The largest absolute Gasteiger partial charge is 0.497 e. The second kappa shape index (κ2) is 11.6. The predicted octanol–water partition coefficient (Wildman–Crippen LogP) is 3.69. The molecule has 0 aliphatic carbocycles. The van der Waals surface area contributed by atoms with Crippen LogP contribution in [-0.4, -0.2) is 54.8 Å². The van der Waals surface area contributed by atoms with E-state index in [1.165, 1.54) is 0 Å². The zero-order chi connectivity index (χ0) is 25.4. The van der Waals surface area contributed by atoms with Crippen LogP contribution in [-0.2, 0) is 22.5 Å². The maximum absolute atomic E-state index is 12.7. The lowest BCUT2D eigenvalue weighted by Crippen LogP contribution is -2.41. The lowest BCUT2D eigenvalue weighted by Gasteiger charge is -2.22. The highest BCUT2D eigenvalue weighted by atomic mass is 16.6. The molecule has 0 bridgehead atoms. The molecule has 1 atom stereocenters. The summed E-state index contributed by atoms with van der Waals surface area (Å²) in [6.07, 6.45) is 0.482. The highest BCUT2D eigenvalue weighted by Crippen LogP contribution is 2.16. The second-order valence-corrected chi connectivity index (χ2v) is 9.50. The Kier molecular flexibility index (Phi) is 8.57. The van der Waals surface area contributed by atoms with Crippen molar-refractivity contribution in [1.82, 2.24) is 15.5 Å². The molecule has 3 N–H and O–H groups in total. The standard InChI is InChI=1S/C26H34N4O5/c1-26(2,3)35-25(33)29-21-13-14-30(17-21)23(31)15-18-5-9-20(10-6-18)28-24(32)27-16-19-7-11-22(34-4)12-8-19/h5-12,21H,13-17H2,1-4H3,(H,29,33)(H2,27,28,32)/t21-/m1/s1. The van der Waals surface area contributed by atoms with Crippen molar-refractivity contribution in [1.29, 1.82) is 0 Å². The first-order chi connectivity index (χ1) is 16.6. The number of hydrogen-bond acceptors (Lipinski definition) is 5. The summed E-state index contributed by atoms with van der Waals surface area (Å²) < 4.78 is 10.4. The number of nitrogens with one attached hydrogen (secondary N) is 3. The van der Waals surface area contributed by atoms with Crippen LogP contribution in [0, 0.1) is 0 Å². The lowest BCUT2D eigenvalue weighted by atomic mass is 10.1. The van der Waals surface area contributed by atoms with E-state index in [1.54, 1.807) is 24.1 Å². The molecule has 1 saturated heterocycles. The van der Waals surface area contributed by atoms with Gasteiger partial charge in [-0.1, -0.05) is 24.3 Å². The molecule has 4 amide bonds. The number of hydrogen-bond donors (Lipinski definition) is 3. The van der Waals surface area contributed by atoms with Crippen LogP contribution < -0.4 is 20.7 Å². The van der Waals surface area contributed by atoms with Crippen LogP contribution >= 0.6 is 0 Å². The number of alkyl carbamates (subject to hydrolysis) is 1. The maximum atomic E-state index is 12.7. The van der Waals surface area contributed by atoms with Gasteiger partial charge in [0.15, 0.2) is 0 Å². The van der Waals surface area contributed by atoms with Crippen molar-refractivity contribution < 1.29 is 23.9 Å². The van der Waals surface area contributed by atoms with Crippen molar-refractivity contribution in [3.8, 4) is 5.75 Å². The van der Waals surface area contributed by atoms with Gasteiger partial charge in [-0.3, -0.25) is 4.79 Å². The average Bonchev–Trinajstić information content (AvgIpc) is 3.26. The molecule has 3 rings (SSSR count). The second-order valence-electron chi connectivity index (χ2n) is 9.50. The summed E-state index contributed by atoms with van der Waals surface area (Å²) in [4.78, 5) is 38.6. The van der Waals surface area contributed by atoms with E-state index in [4.69, 9.17) is 9.47 Å². The zero-order valence-electron chi connectivity index (χ0n) is 20.7. The number of likely N-dealkylation sites (tertiary alicyclic amines) is 1. The highest BCUT2D eigenvalue weighted by Gasteiger charge is 2.28. The minimum Gasteiger partial charge on any atom is -0.497 e. The zero-order valence-corrected chi connectivity index (χ0v) is 20.7. The molecular weight excluding hydrogens is 448 g/mol. The molecule has 0 aromatic heterocycles. The third kappa shape index (κ3) is 8.51. The van der Waals surface area contributed by atoms with Crippen molar-refractivity contribution in [3.05, 3.63) is 59.7 Å². The maximum Gasteiger partial charge on any atom is 0.407 e. The lowest BCUT2D eigenvalue weighted by molar-refractivity contribution is -0.129. The van der Waals surface area contributed by atoms with Gasteiger partial charge in [-0.05, 0) is 62.6 Å². The number of carbonyl (C=O) groups excluding carboxylic acids is 3. The summed E-state index contributed by atoms with van der Waals surface area (Å²) in [7, 11) is 1.61. The Morgan fingerprint density at radius 2 is 1.66 bits per heavy atom. The number of amides is 4. The summed E-state index contributed by atoms with van der Waals surface area (Å²) in [6.45, 7) is 6.88. The van der Waals surface area contributed by atoms with Gasteiger partial charge >= 0.3 is 12.1 Å². The number of carbonyl (C=O) groups is 3. The van der Waals surface area contributed by atoms with Crippen LogP contribution in [0.1, 0.15) is 38.3 Å². The van der Waals surface area contributed by atoms with Crippen molar-refractivity contribution >= 4 is 23.7 Å². The van der Waals surface area contributed by atoms with Crippen LogP contribution in [0.5, 0.6) is 5.75 Å². The third-order valence-corrected chi connectivity index (χ3v) is 5.44. The molecule has 0 radical (unpaired) electrons. The first-order valence-electron chi connectivity index (χ1n) is 11.7. The Bertz CT molecular complexity index is 1020. The SMILES string of the molecule is COc1ccc(CNC(=O)Nc2ccc(CC(=O)N3CC[C@@H](NC(=O)OC(C)(C)C)C3)cc2)cc1. The molecule has 188 valence electrons. The molecule has 9 nitrogen and oxygen atoms in total. The Labute approximate surface area is 206 Å². The number of ether oxygens (including phenoxy) is 2. The van der Waals surface area contributed by atoms with Gasteiger partial charge in [-0.15, -0.1) is 0 Å². The van der Waals surface area contributed by atoms with Crippen LogP contribution in [0.2, 0.25) is 0 Å². The molecule has 0 unspecified atom stereocenters. The fourth-order valence-corrected chi connectivity index (χ4v) is 3.67. The van der Waals surface area contributed by atoms with Gasteiger partial charge in [0, 0.05) is 25.3 Å². The van der Waals surface area contributed by atoms with E-state index in [1.807, 2.05) is 57.2 Å². The molecule has 0 saturated carbocycles. The molecule has 0 spiro atoms. The molecule has 1 aliphatic rings. The van der Waals surface area contributed by atoms with Crippen LogP contribution in [0.3, 0.4) is 0 Å². The molecule has 1 aliphatic heterocycles. The van der Waals surface area contributed by atoms with Crippen LogP contribution in [0.15, 0.2) is 48.5 Å². The van der Waals surface area contributed by atoms with E-state index in [-0.39, 0.29) is 24.4 Å². The predicted molar refractivity (Wildman–Crippen MR) is 133 cm³/mol. The number of urea groups is 1. The summed E-state index contributed by atoms with van der Waals surface area (Å²) >= 11 is 0. The summed E-state index contributed by atoms with van der Waals surface area (Å²) in [5.74, 6) is 0.759. The highest BCUT2D eigenvalue weighted by molar-refractivity contribution is 5.89. The Balaban J connectivity index is 1.41. The molecular formula is C26H34N4O5. The van der Waals surface area contributed by atoms with E-state index >= 15 is 0 Å². The van der Waals surface area contributed by atoms with Crippen LogP contribution in [0.25, 0.3) is 0 Å². The molecule has 2 aromatic carbocycles. The summed E-state index contributed by atoms with van der Waals surface area (Å²) in [6, 6.07) is 14.2. The van der Waals surface area contributed by atoms with Crippen molar-refractivity contribution in [2.24, 2.45) is 0 Å². The Morgan fingerprint density at radius 3 is 2.29 bits per heavy atom. The number of nitrogens with zero attached hydrogens (tertiary/aromatic N) is 1. The van der Waals surface area contributed by atoms with Gasteiger partial charge in [-0.25, -0.2) is 9.59 Å². The summed E-state index contributed by atoms with van der Waals surface area (Å²) in [5, 5.41) is 8.43. The van der Waals surface area contributed by atoms with E-state index in [2.05, 4.69) is 16.0 Å². The first-order valence-corrected chi connectivity index (χ1v) is 11.7. The number of methoxy groups -OCH3 is 1. The van der Waals surface area contributed by atoms with Crippen molar-refractivity contribution in [2.45, 2.75) is 51.8 Å². The monoisotopic (exact) mass is 482 g/mol. The van der Waals surface area contributed by atoms with Gasteiger partial charge in [0.05, 0.1) is 19.6 Å². The number of benzene rings is 2.